The Balaban J connectivity index is 1.56. The van der Waals surface area contributed by atoms with Crippen LogP contribution in [0.1, 0.15) is 29.3 Å². The minimum atomic E-state index is -0.430. The van der Waals surface area contributed by atoms with Gasteiger partial charge in [-0.25, -0.2) is 0 Å². The monoisotopic (exact) mass is 472 g/mol. The van der Waals surface area contributed by atoms with E-state index in [9.17, 15) is 14.9 Å². The van der Waals surface area contributed by atoms with E-state index in [-0.39, 0.29) is 17.5 Å². The molecule has 0 fully saturated rings. The highest BCUT2D eigenvalue weighted by atomic mass is 32.2. The number of benzene rings is 3. The number of nitro groups is 1. The van der Waals surface area contributed by atoms with E-state index in [0.717, 1.165) is 27.5 Å². The second-order valence-electron chi connectivity index (χ2n) is 7.87. The van der Waals surface area contributed by atoms with E-state index in [2.05, 4.69) is 10.1 Å². The molecule has 5 rings (SSSR count). The van der Waals surface area contributed by atoms with Gasteiger partial charge in [0.1, 0.15) is 0 Å². The number of nitrogens with zero attached hydrogens (tertiary/aromatic N) is 4. The molecule has 0 unspecified atom stereocenters. The van der Waals surface area contributed by atoms with Crippen LogP contribution in [0.4, 0.5) is 11.4 Å². The predicted octanol–water partition coefficient (Wildman–Crippen LogP) is 6.14. The van der Waals surface area contributed by atoms with Crippen molar-refractivity contribution >= 4 is 29.0 Å². The first kappa shape index (κ1) is 21.8. The normalized spacial score (nSPS) is 12.8. The summed E-state index contributed by atoms with van der Waals surface area (Å²) >= 11 is 1.53. The van der Waals surface area contributed by atoms with Gasteiger partial charge in [-0.05, 0) is 49.7 Å². The molecular formula is C25H20N4O4S. The van der Waals surface area contributed by atoms with Gasteiger partial charge in [0.05, 0.1) is 16.2 Å². The van der Waals surface area contributed by atoms with E-state index in [1.165, 1.54) is 17.8 Å². The van der Waals surface area contributed by atoms with Crippen molar-refractivity contribution in [3.8, 4) is 22.8 Å². The molecule has 1 aliphatic rings. The number of rotatable bonds is 5. The summed E-state index contributed by atoms with van der Waals surface area (Å²) in [7, 11) is 0. The quantitative estimate of drug-likeness (QED) is 0.254. The highest BCUT2D eigenvalue weighted by Crippen LogP contribution is 2.43. The number of anilines is 1. The molecule has 3 aromatic carbocycles. The zero-order chi connectivity index (χ0) is 23.8. The average molecular weight is 473 g/mol. The van der Waals surface area contributed by atoms with Crippen molar-refractivity contribution in [3.05, 3.63) is 81.9 Å². The Morgan fingerprint density at radius 3 is 2.65 bits per heavy atom. The second-order valence-corrected chi connectivity index (χ2v) is 8.95. The first-order valence-corrected chi connectivity index (χ1v) is 11.6. The molecule has 0 saturated carbocycles. The molecule has 8 nitrogen and oxygen atoms in total. The fourth-order valence-corrected chi connectivity index (χ4v) is 5.13. The van der Waals surface area contributed by atoms with Gasteiger partial charge < -0.3 is 9.42 Å². The van der Waals surface area contributed by atoms with Crippen LogP contribution >= 0.6 is 11.8 Å². The number of amides is 1. The summed E-state index contributed by atoms with van der Waals surface area (Å²) in [6.07, 6.45) is 0.830. The SMILES string of the molecule is CCCN1C(=O)c2ccccc2Sc2cc(-c3noc(-c4cccc([N+](=O)[O-])c4C)n3)ccc21. The van der Waals surface area contributed by atoms with Crippen molar-refractivity contribution in [1.29, 1.82) is 0 Å². The Labute approximate surface area is 199 Å². The Kier molecular flexibility index (Phi) is 5.62. The maximum atomic E-state index is 13.2. The molecular weight excluding hydrogens is 452 g/mol. The van der Waals surface area contributed by atoms with Crippen LogP contribution in [-0.2, 0) is 0 Å². The molecule has 170 valence electrons. The number of carbonyl (C=O) groups excluding carboxylic acids is 1. The first-order valence-electron chi connectivity index (χ1n) is 10.8. The fourth-order valence-electron chi connectivity index (χ4n) is 4.01. The third-order valence-corrected chi connectivity index (χ3v) is 6.82. The van der Waals surface area contributed by atoms with Crippen LogP contribution in [-0.4, -0.2) is 27.5 Å². The number of fused-ring (bicyclic) bond motifs is 2. The molecule has 34 heavy (non-hydrogen) atoms. The summed E-state index contributed by atoms with van der Waals surface area (Å²) in [6.45, 7) is 4.31. The van der Waals surface area contributed by atoms with Gasteiger partial charge in [0.25, 0.3) is 17.5 Å². The maximum Gasteiger partial charge on any atom is 0.273 e. The van der Waals surface area contributed by atoms with Crippen LogP contribution < -0.4 is 4.90 Å². The molecule has 0 aliphatic carbocycles. The van der Waals surface area contributed by atoms with Gasteiger partial charge in [-0.2, -0.15) is 4.98 Å². The minimum Gasteiger partial charge on any atom is -0.334 e. The van der Waals surface area contributed by atoms with Gasteiger partial charge in [0.15, 0.2) is 0 Å². The molecule has 1 aromatic heterocycles. The molecule has 1 amide bonds. The van der Waals surface area contributed by atoms with E-state index in [1.54, 1.807) is 19.1 Å². The molecule has 4 aromatic rings. The lowest BCUT2D eigenvalue weighted by Crippen LogP contribution is -2.31. The Morgan fingerprint density at radius 1 is 1.06 bits per heavy atom. The molecule has 0 bridgehead atoms. The molecule has 9 heteroatoms. The third-order valence-electron chi connectivity index (χ3n) is 5.70. The largest absolute Gasteiger partial charge is 0.334 e. The summed E-state index contributed by atoms with van der Waals surface area (Å²) in [6, 6.07) is 18.1. The van der Waals surface area contributed by atoms with E-state index >= 15 is 0 Å². The van der Waals surface area contributed by atoms with Gasteiger partial charge in [-0.3, -0.25) is 14.9 Å². The molecule has 0 spiro atoms. The summed E-state index contributed by atoms with van der Waals surface area (Å²) in [4.78, 5) is 32.2. The summed E-state index contributed by atoms with van der Waals surface area (Å²) in [5.74, 6) is 0.571. The first-order chi connectivity index (χ1) is 16.5. The van der Waals surface area contributed by atoms with E-state index in [0.29, 0.717) is 29.1 Å². The van der Waals surface area contributed by atoms with Gasteiger partial charge in [0, 0.05) is 39.1 Å². The van der Waals surface area contributed by atoms with Crippen LogP contribution in [0.5, 0.6) is 0 Å². The van der Waals surface area contributed by atoms with Crippen molar-refractivity contribution in [2.45, 2.75) is 30.1 Å². The Hall–Kier alpha value is -3.98. The summed E-state index contributed by atoms with van der Waals surface area (Å²) < 4.78 is 5.47. The van der Waals surface area contributed by atoms with E-state index in [1.807, 2.05) is 54.3 Å². The average Bonchev–Trinajstić information content (AvgIpc) is 3.29. The molecule has 0 N–H and O–H groups in total. The van der Waals surface area contributed by atoms with E-state index in [4.69, 9.17) is 4.52 Å². The summed E-state index contributed by atoms with van der Waals surface area (Å²) in [5.41, 5.74) is 3.23. The van der Waals surface area contributed by atoms with Crippen molar-refractivity contribution in [1.82, 2.24) is 10.1 Å². The number of hydrogen-bond acceptors (Lipinski definition) is 7. The number of aromatic nitrogens is 2. The molecule has 0 saturated heterocycles. The van der Waals surface area contributed by atoms with Crippen LogP contribution in [0, 0.1) is 17.0 Å². The molecule has 1 aliphatic heterocycles. The van der Waals surface area contributed by atoms with Gasteiger partial charge >= 0.3 is 0 Å². The molecule has 0 radical (unpaired) electrons. The Morgan fingerprint density at radius 2 is 1.85 bits per heavy atom. The van der Waals surface area contributed by atoms with Crippen molar-refractivity contribution in [3.63, 3.8) is 0 Å². The highest BCUT2D eigenvalue weighted by Gasteiger charge is 2.27. The second kappa shape index (κ2) is 8.75. The van der Waals surface area contributed by atoms with Crippen molar-refractivity contribution in [2.75, 3.05) is 11.4 Å². The van der Waals surface area contributed by atoms with Crippen LogP contribution in [0.3, 0.4) is 0 Å². The van der Waals surface area contributed by atoms with Crippen LogP contribution in [0.25, 0.3) is 22.8 Å². The van der Waals surface area contributed by atoms with Crippen LogP contribution in [0.2, 0.25) is 0 Å². The number of nitro benzene ring substituents is 1. The number of carbonyl (C=O) groups is 1. The Bertz CT molecular complexity index is 1430. The molecule has 0 atom stereocenters. The lowest BCUT2D eigenvalue weighted by atomic mass is 10.1. The lowest BCUT2D eigenvalue weighted by Gasteiger charge is -2.22. The predicted molar refractivity (Wildman–Crippen MR) is 129 cm³/mol. The standard InChI is InChI=1S/C25H20N4O4S/c1-3-13-28-20-12-11-16(14-22(20)34-21-10-5-4-7-18(21)25(28)30)23-26-24(33-27-23)17-8-6-9-19(15(17)2)29(31)32/h4-12,14H,3,13H2,1-2H3. The van der Waals surface area contributed by atoms with Crippen molar-refractivity contribution < 1.29 is 14.2 Å². The van der Waals surface area contributed by atoms with E-state index < -0.39 is 4.92 Å². The third kappa shape index (κ3) is 3.73. The maximum absolute atomic E-state index is 13.2. The fraction of sp³-hybridized carbons (Fsp3) is 0.160. The molecule has 2 heterocycles. The summed E-state index contributed by atoms with van der Waals surface area (Å²) in [5, 5.41) is 15.4. The van der Waals surface area contributed by atoms with Crippen LogP contribution in [0.15, 0.2) is 75.0 Å². The number of hydrogen-bond donors (Lipinski definition) is 0. The smallest absolute Gasteiger partial charge is 0.273 e. The van der Waals surface area contributed by atoms with Gasteiger partial charge in [-0.1, -0.05) is 42.0 Å². The zero-order valence-corrected chi connectivity index (χ0v) is 19.3. The highest BCUT2D eigenvalue weighted by molar-refractivity contribution is 7.99. The topological polar surface area (TPSA) is 102 Å². The zero-order valence-electron chi connectivity index (χ0n) is 18.5. The lowest BCUT2D eigenvalue weighted by molar-refractivity contribution is -0.385. The van der Waals surface area contributed by atoms with Gasteiger partial charge in [-0.15, -0.1) is 0 Å². The van der Waals surface area contributed by atoms with Crippen molar-refractivity contribution in [2.24, 2.45) is 0 Å². The van der Waals surface area contributed by atoms with Gasteiger partial charge in [0.2, 0.25) is 5.82 Å². The minimum absolute atomic E-state index is 0.00183.